The monoisotopic (exact) mass is 315 g/mol. The molecule has 0 amide bonds. The van der Waals surface area contributed by atoms with Crippen LogP contribution >= 0.6 is 11.6 Å². The van der Waals surface area contributed by atoms with Gasteiger partial charge in [-0.15, -0.1) is 0 Å². The van der Waals surface area contributed by atoms with Gasteiger partial charge in [0.05, 0.1) is 6.04 Å². The summed E-state index contributed by atoms with van der Waals surface area (Å²) in [5.74, 6) is 0.804. The van der Waals surface area contributed by atoms with E-state index >= 15 is 0 Å². The maximum absolute atomic E-state index is 5.99. The van der Waals surface area contributed by atoms with Crippen molar-refractivity contribution < 1.29 is 0 Å². The zero-order valence-corrected chi connectivity index (χ0v) is 13.8. The lowest BCUT2D eigenvalue weighted by atomic mass is 10.1. The summed E-state index contributed by atoms with van der Waals surface area (Å²) in [5, 5.41) is 7.50. The van der Waals surface area contributed by atoms with E-state index in [0.29, 0.717) is 0 Å². The fourth-order valence-electron chi connectivity index (χ4n) is 2.24. The molecule has 0 bridgehead atoms. The average molecular weight is 316 g/mol. The minimum Gasteiger partial charge on any atom is -0.356 e. The molecule has 116 valence electrons. The highest BCUT2D eigenvalue weighted by atomic mass is 35.5. The van der Waals surface area contributed by atoms with Gasteiger partial charge in [-0.25, -0.2) is 0 Å². The minimum absolute atomic E-state index is 0.207. The van der Waals surface area contributed by atoms with E-state index in [4.69, 9.17) is 11.6 Å². The van der Waals surface area contributed by atoms with Crippen LogP contribution in [0.3, 0.4) is 0 Å². The molecule has 0 aliphatic carbocycles. The summed E-state index contributed by atoms with van der Waals surface area (Å²) in [6.07, 6.45) is 0.904. The van der Waals surface area contributed by atoms with Crippen molar-refractivity contribution in [2.24, 2.45) is 4.99 Å². The molecule has 0 spiro atoms. The molecule has 0 radical (unpaired) electrons. The standard InChI is InChI=1S/C18H22ClN3/c1-14(16-8-4-3-5-9-16)22-18(20-2)21-12-11-15-7-6-10-17(19)13-15/h3-10,13-14H,11-12H2,1-2H3,(H2,20,21,22). The summed E-state index contributed by atoms with van der Waals surface area (Å²) in [7, 11) is 1.78. The molecule has 0 aliphatic rings. The number of guanidine groups is 1. The van der Waals surface area contributed by atoms with Gasteiger partial charge in [-0.2, -0.15) is 0 Å². The van der Waals surface area contributed by atoms with Gasteiger partial charge in [0.15, 0.2) is 5.96 Å². The van der Waals surface area contributed by atoms with Crippen molar-refractivity contribution in [2.75, 3.05) is 13.6 Å². The van der Waals surface area contributed by atoms with Gasteiger partial charge in [0.25, 0.3) is 0 Å². The molecule has 1 unspecified atom stereocenters. The zero-order valence-electron chi connectivity index (χ0n) is 13.0. The largest absolute Gasteiger partial charge is 0.356 e. The highest BCUT2D eigenvalue weighted by Crippen LogP contribution is 2.11. The number of hydrogen-bond acceptors (Lipinski definition) is 1. The second kappa shape index (κ2) is 8.44. The van der Waals surface area contributed by atoms with Crippen LogP contribution in [0.15, 0.2) is 59.6 Å². The molecule has 0 aromatic heterocycles. The van der Waals surface area contributed by atoms with Crippen molar-refractivity contribution in [2.45, 2.75) is 19.4 Å². The number of halogens is 1. The molecule has 0 saturated heterocycles. The summed E-state index contributed by atoms with van der Waals surface area (Å²) in [6.45, 7) is 2.93. The van der Waals surface area contributed by atoms with E-state index in [-0.39, 0.29) is 6.04 Å². The molecule has 2 aromatic carbocycles. The summed E-state index contributed by atoms with van der Waals surface area (Å²) in [5.41, 5.74) is 2.45. The maximum atomic E-state index is 5.99. The zero-order chi connectivity index (χ0) is 15.8. The first-order valence-corrected chi connectivity index (χ1v) is 7.83. The van der Waals surface area contributed by atoms with Crippen LogP contribution < -0.4 is 10.6 Å². The first kappa shape index (κ1) is 16.4. The summed E-state index contributed by atoms with van der Waals surface area (Å²) >= 11 is 5.99. The summed E-state index contributed by atoms with van der Waals surface area (Å²) in [4.78, 5) is 4.27. The van der Waals surface area contributed by atoms with Gasteiger partial charge >= 0.3 is 0 Å². The first-order chi connectivity index (χ1) is 10.7. The molecule has 2 aromatic rings. The number of benzene rings is 2. The van der Waals surface area contributed by atoms with Crippen LogP contribution in [0.1, 0.15) is 24.1 Å². The second-order valence-corrected chi connectivity index (χ2v) is 5.59. The molecule has 22 heavy (non-hydrogen) atoms. The minimum atomic E-state index is 0.207. The molecule has 0 heterocycles. The Bertz CT molecular complexity index is 611. The predicted molar refractivity (Wildman–Crippen MR) is 94.5 cm³/mol. The van der Waals surface area contributed by atoms with Crippen molar-refractivity contribution in [1.29, 1.82) is 0 Å². The van der Waals surface area contributed by atoms with Crippen molar-refractivity contribution in [1.82, 2.24) is 10.6 Å². The fraction of sp³-hybridized carbons (Fsp3) is 0.278. The van der Waals surface area contributed by atoms with Crippen LogP contribution in [0.5, 0.6) is 0 Å². The average Bonchev–Trinajstić information content (AvgIpc) is 2.54. The van der Waals surface area contributed by atoms with E-state index in [1.54, 1.807) is 7.05 Å². The Morgan fingerprint density at radius 1 is 1.14 bits per heavy atom. The van der Waals surface area contributed by atoms with Crippen LogP contribution in [0, 0.1) is 0 Å². The first-order valence-electron chi connectivity index (χ1n) is 7.45. The molecule has 0 saturated carbocycles. The van der Waals surface area contributed by atoms with Crippen LogP contribution in [-0.2, 0) is 6.42 Å². The third-order valence-electron chi connectivity index (χ3n) is 3.47. The van der Waals surface area contributed by atoms with Crippen LogP contribution in [0.2, 0.25) is 5.02 Å². The molecular weight excluding hydrogens is 294 g/mol. The number of aliphatic imine (C=N–C) groups is 1. The highest BCUT2D eigenvalue weighted by molar-refractivity contribution is 6.30. The second-order valence-electron chi connectivity index (χ2n) is 5.16. The number of hydrogen-bond donors (Lipinski definition) is 2. The summed E-state index contributed by atoms with van der Waals surface area (Å²) < 4.78 is 0. The lowest BCUT2D eigenvalue weighted by Crippen LogP contribution is -2.39. The van der Waals surface area contributed by atoms with E-state index in [1.807, 2.05) is 36.4 Å². The molecule has 0 aliphatic heterocycles. The van der Waals surface area contributed by atoms with Crippen molar-refractivity contribution in [3.63, 3.8) is 0 Å². The Labute approximate surface area is 137 Å². The quantitative estimate of drug-likeness (QED) is 0.650. The normalized spacial score (nSPS) is 12.8. The van der Waals surface area contributed by atoms with Crippen molar-refractivity contribution in [3.8, 4) is 0 Å². The molecule has 1 atom stereocenters. The molecule has 2 N–H and O–H groups in total. The van der Waals surface area contributed by atoms with E-state index in [0.717, 1.165) is 23.9 Å². The van der Waals surface area contributed by atoms with Gasteiger partial charge in [-0.1, -0.05) is 54.1 Å². The predicted octanol–water partition coefficient (Wildman–Crippen LogP) is 3.81. The van der Waals surface area contributed by atoms with Gasteiger partial charge in [-0.3, -0.25) is 4.99 Å². The lowest BCUT2D eigenvalue weighted by Gasteiger charge is -2.18. The number of rotatable bonds is 5. The molecule has 2 rings (SSSR count). The Hall–Kier alpha value is -2.00. The van der Waals surface area contributed by atoms with E-state index < -0.39 is 0 Å². The van der Waals surface area contributed by atoms with Crippen LogP contribution in [0.25, 0.3) is 0 Å². The van der Waals surface area contributed by atoms with Crippen molar-refractivity contribution >= 4 is 17.6 Å². The Kier molecular flexibility index (Phi) is 6.28. The van der Waals surface area contributed by atoms with E-state index in [9.17, 15) is 0 Å². The molecule has 0 fully saturated rings. The topological polar surface area (TPSA) is 36.4 Å². The third-order valence-corrected chi connectivity index (χ3v) is 3.71. The number of nitrogens with zero attached hydrogens (tertiary/aromatic N) is 1. The molecular formula is C18H22ClN3. The van der Waals surface area contributed by atoms with E-state index in [2.05, 4.69) is 40.7 Å². The third kappa shape index (κ3) is 5.08. The van der Waals surface area contributed by atoms with Gasteiger partial charge in [0.2, 0.25) is 0 Å². The Morgan fingerprint density at radius 2 is 1.91 bits per heavy atom. The van der Waals surface area contributed by atoms with Gasteiger partial charge in [0, 0.05) is 18.6 Å². The van der Waals surface area contributed by atoms with Crippen molar-refractivity contribution in [3.05, 3.63) is 70.7 Å². The summed E-state index contributed by atoms with van der Waals surface area (Å²) in [6, 6.07) is 18.5. The highest BCUT2D eigenvalue weighted by Gasteiger charge is 2.06. The van der Waals surface area contributed by atoms with Crippen LogP contribution in [-0.4, -0.2) is 19.6 Å². The Balaban J connectivity index is 1.83. The fourth-order valence-corrected chi connectivity index (χ4v) is 2.46. The van der Waals surface area contributed by atoms with Crippen LogP contribution in [0.4, 0.5) is 0 Å². The van der Waals surface area contributed by atoms with E-state index in [1.165, 1.54) is 11.1 Å². The van der Waals surface area contributed by atoms with Gasteiger partial charge in [0.1, 0.15) is 0 Å². The van der Waals surface area contributed by atoms with Gasteiger partial charge < -0.3 is 10.6 Å². The molecule has 3 nitrogen and oxygen atoms in total. The number of nitrogens with one attached hydrogen (secondary N) is 2. The maximum Gasteiger partial charge on any atom is 0.191 e. The lowest BCUT2D eigenvalue weighted by molar-refractivity contribution is 0.684. The SMILES string of the molecule is CN=C(NCCc1cccc(Cl)c1)NC(C)c1ccccc1. The van der Waals surface area contributed by atoms with Gasteiger partial charge in [-0.05, 0) is 36.6 Å². The molecule has 4 heteroatoms. The Morgan fingerprint density at radius 3 is 2.59 bits per heavy atom. The smallest absolute Gasteiger partial charge is 0.191 e.